The minimum Gasteiger partial charge on any atom is -0.465 e. The van der Waals surface area contributed by atoms with E-state index in [-0.39, 0.29) is 22.7 Å². The van der Waals surface area contributed by atoms with Gasteiger partial charge in [0.1, 0.15) is 4.88 Å². The average molecular weight is 419 g/mol. The summed E-state index contributed by atoms with van der Waals surface area (Å²) in [6.07, 6.45) is 0. The van der Waals surface area contributed by atoms with Crippen molar-refractivity contribution in [3.05, 3.63) is 92.5 Å². The second-order valence-corrected chi connectivity index (χ2v) is 7.37. The van der Waals surface area contributed by atoms with Gasteiger partial charge in [0.15, 0.2) is 5.69 Å². The second-order valence-electron chi connectivity index (χ2n) is 6.45. The standard InChI is InChI=1S/C22H17N3O4S/c1-29-22(28)19-17(11-12-30-19)23-20(26)18-15-9-5-6-10-16(15)21(27)25(24-18)13-14-7-3-2-4-8-14/h2-12H,13H2,1H3,(H,23,26). The number of nitrogens with zero attached hydrogens (tertiary/aromatic N) is 2. The van der Waals surface area contributed by atoms with Crippen molar-refractivity contribution in [3.8, 4) is 0 Å². The summed E-state index contributed by atoms with van der Waals surface area (Å²) in [6.45, 7) is 0.233. The minimum absolute atomic E-state index is 0.100. The Morgan fingerprint density at radius 2 is 1.73 bits per heavy atom. The summed E-state index contributed by atoms with van der Waals surface area (Å²) in [5, 5.41) is 9.59. The number of ether oxygens (including phenoxy) is 1. The van der Waals surface area contributed by atoms with Gasteiger partial charge >= 0.3 is 5.97 Å². The number of anilines is 1. The molecule has 150 valence electrons. The van der Waals surface area contributed by atoms with Crippen LogP contribution in [0.25, 0.3) is 10.8 Å². The Morgan fingerprint density at radius 1 is 1.03 bits per heavy atom. The molecule has 1 N–H and O–H groups in total. The van der Waals surface area contributed by atoms with Crippen molar-refractivity contribution in [2.45, 2.75) is 6.54 Å². The molecule has 1 amide bonds. The van der Waals surface area contributed by atoms with Crippen LogP contribution in [-0.4, -0.2) is 28.8 Å². The number of carbonyl (C=O) groups is 2. The maximum atomic E-state index is 13.1. The highest BCUT2D eigenvalue weighted by atomic mass is 32.1. The van der Waals surface area contributed by atoms with E-state index in [4.69, 9.17) is 4.74 Å². The first-order valence-electron chi connectivity index (χ1n) is 9.09. The summed E-state index contributed by atoms with van der Waals surface area (Å²) < 4.78 is 6.03. The molecule has 2 aromatic heterocycles. The predicted octanol–water partition coefficient (Wildman–Crippen LogP) is 3.55. The van der Waals surface area contributed by atoms with Gasteiger partial charge in [0.2, 0.25) is 0 Å². The van der Waals surface area contributed by atoms with Crippen LogP contribution in [0.3, 0.4) is 0 Å². The summed E-state index contributed by atoms with van der Waals surface area (Å²) >= 11 is 1.17. The fourth-order valence-electron chi connectivity index (χ4n) is 3.11. The van der Waals surface area contributed by atoms with Crippen LogP contribution in [0, 0.1) is 0 Å². The number of methoxy groups -OCH3 is 1. The van der Waals surface area contributed by atoms with Gasteiger partial charge in [-0.15, -0.1) is 11.3 Å². The van der Waals surface area contributed by atoms with Crippen molar-refractivity contribution in [1.29, 1.82) is 0 Å². The van der Waals surface area contributed by atoms with Crippen molar-refractivity contribution in [3.63, 3.8) is 0 Å². The first-order chi connectivity index (χ1) is 14.6. The Labute approximate surface area is 175 Å². The molecule has 0 unspecified atom stereocenters. The molecule has 0 fully saturated rings. The largest absolute Gasteiger partial charge is 0.465 e. The van der Waals surface area contributed by atoms with Crippen molar-refractivity contribution < 1.29 is 14.3 Å². The Kier molecular flexibility index (Phi) is 5.40. The Hall–Kier alpha value is -3.78. The molecule has 0 aliphatic heterocycles. The van der Waals surface area contributed by atoms with Crippen LogP contribution >= 0.6 is 11.3 Å². The van der Waals surface area contributed by atoms with Gasteiger partial charge in [0.05, 0.1) is 24.7 Å². The first kappa shape index (κ1) is 19.5. The van der Waals surface area contributed by atoms with Crippen LogP contribution in [0.15, 0.2) is 70.8 Å². The van der Waals surface area contributed by atoms with Gasteiger partial charge in [0.25, 0.3) is 11.5 Å². The number of fused-ring (bicyclic) bond motifs is 1. The van der Waals surface area contributed by atoms with E-state index in [1.165, 1.54) is 23.1 Å². The van der Waals surface area contributed by atoms with E-state index in [0.29, 0.717) is 16.5 Å². The molecule has 0 spiro atoms. The van der Waals surface area contributed by atoms with E-state index in [0.717, 1.165) is 5.56 Å². The maximum Gasteiger partial charge on any atom is 0.350 e. The highest BCUT2D eigenvalue weighted by Gasteiger charge is 2.20. The van der Waals surface area contributed by atoms with E-state index in [2.05, 4.69) is 10.4 Å². The highest BCUT2D eigenvalue weighted by Crippen LogP contribution is 2.24. The molecule has 8 heteroatoms. The number of benzene rings is 2. The summed E-state index contributed by atoms with van der Waals surface area (Å²) in [5.41, 5.74) is 1.04. The molecule has 0 bridgehead atoms. The summed E-state index contributed by atoms with van der Waals surface area (Å²) in [6, 6.07) is 17.9. The van der Waals surface area contributed by atoms with Crippen molar-refractivity contribution in [2.75, 3.05) is 12.4 Å². The monoisotopic (exact) mass is 419 g/mol. The Bertz CT molecular complexity index is 1290. The molecule has 2 aromatic carbocycles. The van der Waals surface area contributed by atoms with E-state index < -0.39 is 11.9 Å². The van der Waals surface area contributed by atoms with Crippen molar-refractivity contribution in [2.24, 2.45) is 0 Å². The zero-order valence-corrected chi connectivity index (χ0v) is 16.8. The number of thiophene rings is 1. The molecule has 0 saturated carbocycles. The average Bonchev–Trinajstić information content (AvgIpc) is 3.24. The van der Waals surface area contributed by atoms with E-state index in [1.807, 2.05) is 30.3 Å². The third-order valence-electron chi connectivity index (χ3n) is 4.54. The third kappa shape index (κ3) is 3.72. The molecule has 0 radical (unpaired) electrons. The summed E-state index contributed by atoms with van der Waals surface area (Å²) in [4.78, 5) is 38.2. The summed E-state index contributed by atoms with van der Waals surface area (Å²) in [5.74, 6) is -1.05. The minimum atomic E-state index is -0.535. The predicted molar refractivity (Wildman–Crippen MR) is 115 cm³/mol. The van der Waals surface area contributed by atoms with E-state index >= 15 is 0 Å². The topological polar surface area (TPSA) is 90.3 Å². The molecule has 7 nitrogen and oxygen atoms in total. The van der Waals surface area contributed by atoms with Crippen LogP contribution < -0.4 is 10.9 Å². The van der Waals surface area contributed by atoms with E-state index in [9.17, 15) is 14.4 Å². The van der Waals surface area contributed by atoms with Crippen LogP contribution in [-0.2, 0) is 11.3 Å². The van der Waals surface area contributed by atoms with Crippen LogP contribution in [0.2, 0.25) is 0 Å². The molecule has 0 aliphatic rings. The highest BCUT2D eigenvalue weighted by molar-refractivity contribution is 7.12. The molecular formula is C22H17N3O4S. The van der Waals surface area contributed by atoms with Gasteiger partial charge < -0.3 is 10.1 Å². The lowest BCUT2D eigenvalue weighted by Gasteiger charge is -2.11. The second kappa shape index (κ2) is 8.30. The molecule has 0 saturated heterocycles. The number of hydrogen-bond donors (Lipinski definition) is 1. The summed E-state index contributed by atoms with van der Waals surface area (Å²) in [7, 11) is 1.28. The zero-order chi connectivity index (χ0) is 21.1. The number of carbonyl (C=O) groups excluding carboxylic acids is 2. The molecular weight excluding hydrogens is 402 g/mol. The molecule has 2 heterocycles. The number of nitrogens with one attached hydrogen (secondary N) is 1. The third-order valence-corrected chi connectivity index (χ3v) is 5.44. The van der Waals surface area contributed by atoms with Gasteiger partial charge in [-0.05, 0) is 23.1 Å². The first-order valence-corrected chi connectivity index (χ1v) is 9.97. The van der Waals surface area contributed by atoms with Gasteiger partial charge in [-0.3, -0.25) is 9.59 Å². The molecule has 4 rings (SSSR count). The van der Waals surface area contributed by atoms with Gasteiger partial charge in [-0.2, -0.15) is 5.10 Å². The molecule has 0 aliphatic carbocycles. The number of esters is 1. The van der Waals surface area contributed by atoms with Gasteiger partial charge in [-0.1, -0.05) is 48.5 Å². The number of amides is 1. The van der Waals surface area contributed by atoms with E-state index in [1.54, 1.807) is 35.7 Å². The fraction of sp³-hybridized carbons (Fsp3) is 0.0909. The molecule has 4 aromatic rings. The van der Waals surface area contributed by atoms with Crippen molar-refractivity contribution >= 4 is 39.7 Å². The lowest BCUT2D eigenvalue weighted by Crippen LogP contribution is -2.28. The fourth-order valence-corrected chi connectivity index (χ4v) is 3.87. The quantitative estimate of drug-likeness (QED) is 0.500. The lowest BCUT2D eigenvalue weighted by molar-refractivity contribution is 0.0607. The van der Waals surface area contributed by atoms with Gasteiger partial charge in [0, 0.05) is 5.39 Å². The van der Waals surface area contributed by atoms with Gasteiger partial charge in [-0.25, -0.2) is 9.48 Å². The maximum absolute atomic E-state index is 13.1. The molecule has 30 heavy (non-hydrogen) atoms. The lowest BCUT2D eigenvalue weighted by atomic mass is 10.1. The van der Waals surface area contributed by atoms with Crippen LogP contribution in [0.1, 0.15) is 25.7 Å². The van der Waals surface area contributed by atoms with Crippen LogP contribution in [0.4, 0.5) is 5.69 Å². The Morgan fingerprint density at radius 3 is 2.47 bits per heavy atom. The number of aromatic nitrogens is 2. The Balaban J connectivity index is 1.77. The number of hydrogen-bond acceptors (Lipinski definition) is 6. The molecule has 0 atom stereocenters. The van der Waals surface area contributed by atoms with Crippen molar-refractivity contribution in [1.82, 2.24) is 9.78 Å². The SMILES string of the molecule is COC(=O)c1sccc1NC(=O)c1nn(Cc2ccccc2)c(=O)c2ccccc12. The smallest absolute Gasteiger partial charge is 0.350 e. The van der Waals surface area contributed by atoms with Crippen LogP contribution in [0.5, 0.6) is 0 Å². The zero-order valence-electron chi connectivity index (χ0n) is 16.0. The number of rotatable bonds is 5. The normalized spacial score (nSPS) is 10.7.